The Morgan fingerprint density at radius 2 is 1.88 bits per heavy atom. The number of aromatic nitrogens is 2. The molecule has 1 aliphatic heterocycles. The van der Waals surface area contributed by atoms with Crippen molar-refractivity contribution < 1.29 is 9.59 Å². The van der Waals surface area contributed by atoms with E-state index in [1.807, 2.05) is 17.0 Å². The van der Waals surface area contributed by atoms with Crippen molar-refractivity contribution in [2.75, 3.05) is 13.1 Å². The zero-order valence-corrected chi connectivity index (χ0v) is 14.3. The number of benzene rings is 1. The van der Waals surface area contributed by atoms with E-state index in [1.54, 1.807) is 12.4 Å². The van der Waals surface area contributed by atoms with Crippen LogP contribution in [0.2, 0.25) is 0 Å². The average Bonchev–Trinajstić information content (AvgIpc) is 3.32. The lowest BCUT2D eigenvalue weighted by molar-refractivity contribution is -0.136. The SMILES string of the molecule is O=C(NC1CCN(C(=O)C2CCCC2)CC1)c1ccc2nc[nH]c2c1. The number of amides is 2. The first-order chi connectivity index (χ1) is 12.2. The molecule has 0 radical (unpaired) electrons. The van der Waals surface area contributed by atoms with Gasteiger partial charge in [0.25, 0.3) is 5.91 Å². The van der Waals surface area contributed by atoms with Gasteiger partial charge >= 0.3 is 0 Å². The average molecular weight is 340 g/mol. The maximum absolute atomic E-state index is 12.5. The number of carbonyl (C=O) groups excluding carboxylic acids is 2. The standard InChI is InChI=1S/C19H24N4O2/c24-18(14-5-6-16-17(11-14)21-12-20-16)22-15-7-9-23(10-8-15)19(25)13-3-1-2-4-13/h5-6,11-13,15H,1-4,7-10H2,(H,20,21)(H,22,24). The van der Waals surface area contributed by atoms with Gasteiger partial charge < -0.3 is 15.2 Å². The van der Waals surface area contributed by atoms with Crippen LogP contribution in [-0.4, -0.2) is 45.8 Å². The third kappa shape index (κ3) is 3.38. The number of nitrogens with one attached hydrogen (secondary N) is 2. The van der Waals surface area contributed by atoms with E-state index in [-0.39, 0.29) is 17.9 Å². The maximum atomic E-state index is 12.5. The quantitative estimate of drug-likeness (QED) is 0.901. The second-order valence-electron chi connectivity index (χ2n) is 7.19. The van der Waals surface area contributed by atoms with Crippen molar-refractivity contribution in [2.24, 2.45) is 5.92 Å². The van der Waals surface area contributed by atoms with Crippen molar-refractivity contribution in [2.45, 2.75) is 44.6 Å². The van der Waals surface area contributed by atoms with Gasteiger partial charge in [0, 0.05) is 30.6 Å². The number of aromatic amines is 1. The number of carbonyl (C=O) groups is 2. The Hall–Kier alpha value is -2.37. The van der Waals surface area contributed by atoms with E-state index in [1.165, 1.54) is 12.8 Å². The van der Waals surface area contributed by atoms with E-state index >= 15 is 0 Å². The van der Waals surface area contributed by atoms with Gasteiger partial charge in [0.15, 0.2) is 0 Å². The highest BCUT2D eigenvalue weighted by molar-refractivity contribution is 5.97. The van der Waals surface area contributed by atoms with Gasteiger partial charge in [0.05, 0.1) is 17.4 Å². The molecule has 1 saturated heterocycles. The molecule has 6 nitrogen and oxygen atoms in total. The van der Waals surface area contributed by atoms with Gasteiger partial charge in [-0.05, 0) is 43.9 Å². The molecule has 0 unspecified atom stereocenters. The summed E-state index contributed by atoms with van der Waals surface area (Å²) in [7, 11) is 0. The second kappa shape index (κ2) is 6.86. The van der Waals surface area contributed by atoms with Crippen molar-refractivity contribution in [1.29, 1.82) is 0 Å². The number of H-pyrrole nitrogens is 1. The lowest BCUT2D eigenvalue weighted by atomic mass is 10.0. The number of piperidine rings is 1. The molecule has 2 fully saturated rings. The minimum absolute atomic E-state index is 0.0583. The van der Waals surface area contributed by atoms with Crippen molar-refractivity contribution in [3.8, 4) is 0 Å². The molecule has 132 valence electrons. The van der Waals surface area contributed by atoms with Crippen LogP contribution in [0.5, 0.6) is 0 Å². The van der Waals surface area contributed by atoms with Crippen LogP contribution in [0, 0.1) is 5.92 Å². The van der Waals surface area contributed by atoms with E-state index in [0.717, 1.165) is 49.8 Å². The first kappa shape index (κ1) is 16.1. The Kier molecular flexibility index (Phi) is 4.42. The lowest BCUT2D eigenvalue weighted by Gasteiger charge is -2.34. The first-order valence-corrected chi connectivity index (χ1v) is 9.23. The third-order valence-corrected chi connectivity index (χ3v) is 5.53. The summed E-state index contributed by atoms with van der Waals surface area (Å²) in [4.78, 5) is 34.1. The number of hydrogen-bond donors (Lipinski definition) is 2. The summed E-state index contributed by atoms with van der Waals surface area (Å²) in [6, 6.07) is 5.62. The number of likely N-dealkylation sites (tertiary alicyclic amines) is 1. The smallest absolute Gasteiger partial charge is 0.251 e. The van der Waals surface area contributed by atoms with Gasteiger partial charge in [0.1, 0.15) is 0 Å². The van der Waals surface area contributed by atoms with Gasteiger partial charge in [-0.15, -0.1) is 0 Å². The molecule has 2 amide bonds. The van der Waals surface area contributed by atoms with Gasteiger partial charge in [0.2, 0.25) is 5.91 Å². The molecule has 2 N–H and O–H groups in total. The van der Waals surface area contributed by atoms with Crippen molar-refractivity contribution in [3.63, 3.8) is 0 Å². The molecule has 0 atom stereocenters. The Morgan fingerprint density at radius 3 is 2.64 bits per heavy atom. The number of rotatable bonds is 3. The fourth-order valence-electron chi connectivity index (χ4n) is 4.02. The summed E-state index contributed by atoms with van der Waals surface area (Å²) in [5, 5.41) is 3.11. The molecule has 25 heavy (non-hydrogen) atoms. The van der Waals surface area contributed by atoms with Crippen molar-refractivity contribution in [3.05, 3.63) is 30.1 Å². The molecule has 0 spiro atoms. The fraction of sp³-hybridized carbons (Fsp3) is 0.526. The van der Waals surface area contributed by atoms with Gasteiger partial charge in [-0.1, -0.05) is 12.8 Å². The zero-order valence-electron chi connectivity index (χ0n) is 14.3. The predicted molar refractivity (Wildman–Crippen MR) is 95.1 cm³/mol. The topological polar surface area (TPSA) is 78.1 Å². The highest BCUT2D eigenvalue weighted by atomic mass is 16.2. The number of nitrogens with zero attached hydrogens (tertiary/aromatic N) is 2. The molecule has 2 heterocycles. The van der Waals surface area contributed by atoms with Crippen LogP contribution >= 0.6 is 0 Å². The second-order valence-corrected chi connectivity index (χ2v) is 7.19. The molecule has 4 rings (SSSR count). The summed E-state index contributed by atoms with van der Waals surface area (Å²) in [5.74, 6) is 0.510. The minimum Gasteiger partial charge on any atom is -0.349 e. The Balaban J connectivity index is 1.31. The van der Waals surface area contributed by atoms with Gasteiger partial charge in [-0.2, -0.15) is 0 Å². The van der Waals surface area contributed by atoms with Crippen LogP contribution < -0.4 is 5.32 Å². The zero-order chi connectivity index (χ0) is 17.2. The number of imidazole rings is 1. The molecular weight excluding hydrogens is 316 g/mol. The monoisotopic (exact) mass is 340 g/mol. The summed E-state index contributed by atoms with van der Waals surface area (Å²) in [5.41, 5.74) is 2.36. The molecule has 2 aliphatic rings. The van der Waals surface area contributed by atoms with E-state index < -0.39 is 0 Å². The van der Waals surface area contributed by atoms with E-state index in [9.17, 15) is 9.59 Å². The third-order valence-electron chi connectivity index (χ3n) is 5.53. The van der Waals surface area contributed by atoms with Gasteiger partial charge in [-0.25, -0.2) is 4.98 Å². The lowest BCUT2D eigenvalue weighted by Crippen LogP contribution is -2.47. The predicted octanol–water partition coefficient (Wildman–Crippen LogP) is 2.47. The highest BCUT2D eigenvalue weighted by Crippen LogP contribution is 2.27. The van der Waals surface area contributed by atoms with E-state index in [0.29, 0.717) is 11.5 Å². The Bertz CT molecular complexity index is 771. The summed E-state index contributed by atoms with van der Waals surface area (Å²) in [6.45, 7) is 1.50. The van der Waals surface area contributed by atoms with E-state index in [4.69, 9.17) is 0 Å². The van der Waals surface area contributed by atoms with Crippen molar-refractivity contribution >= 4 is 22.8 Å². The number of hydrogen-bond acceptors (Lipinski definition) is 3. The number of fused-ring (bicyclic) bond motifs is 1. The molecule has 1 aromatic carbocycles. The van der Waals surface area contributed by atoms with Crippen LogP contribution in [0.15, 0.2) is 24.5 Å². The molecule has 1 aromatic heterocycles. The van der Waals surface area contributed by atoms with Gasteiger partial charge in [-0.3, -0.25) is 9.59 Å². The molecule has 2 aromatic rings. The summed E-state index contributed by atoms with van der Waals surface area (Å²) in [6.07, 6.45) is 7.75. The van der Waals surface area contributed by atoms with Crippen LogP contribution in [0.1, 0.15) is 48.9 Å². The van der Waals surface area contributed by atoms with Crippen LogP contribution in [-0.2, 0) is 4.79 Å². The van der Waals surface area contributed by atoms with Crippen LogP contribution in [0.25, 0.3) is 11.0 Å². The Morgan fingerprint density at radius 1 is 1.12 bits per heavy atom. The maximum Gasteiger partial charge on any atom is 0.251 e. The van der Waals surface area contributed by atoms with Crippen molar-refractivity contribution in [1.82, 2.24) is 20.2 Å². The first-order valence-electron chi connectivity index (χ1n) is 9.23. The molecular formula is C19H24N4O2. The summed E-state index contributed by atoms with van der Waals surface area (Å²) >= 11 is 0. The normalized spacial score (nSPS) is 19.4. The highest BCUT2D eigenvalue weighted by Gasteiger charge is 2.30. The fourth-order valence-corrected chi connectivity index (χ4v) is 4.02. The van der Waals surface area contributed by atoms with Crippen LogP contribution in [0.3, 0.4) is 0 Å². The molecule has 1 saturated carbocycles. The van der Waals surface area contributed by atoms with Crippen LogP contribution in [0.4, 0.5) is 0 Å². The van der Waals surface area contributed by atoms with E-state index in [2.05, 4.69) is 15.3 Å². The largest absolute Gasteiger partial charge is 0.349 e. The molecule has 0 bridgehead atoms. The Labute approximate surface area is 147 Å². The summed E-state index contributed by atoms with van der Waals surface area (Å²) < 4.78 is 0. The molecule has 1 aliphatic carbocycles. The minimum atomic E-state index is -0.0583. The molecule has 6 heteroatoms.